The van der Waals surface area contributed by atoms with E-state index in [1.165, 1.54) is 21.8 Å². The zero-order chi connectivity index (χ0) is 18.7. The molecule has 1 saturated heterocycles. The summed E-state index contributed by atoms with van der Waals surface area (Å²) < 4.78 is 21.2. The number of aromatic nitrogens is 2. The van der Waals surface area contributed by atoms with Gasteiger partial charge in [-0.1, -0.05) is 12.2 Å². The number of nitrogens with one attached hydrogen (secondary N) is 1. The second-order valence-corrected chi connectivity index (χ2v) is 6.41. The van der Waals surface area contributed by atoms with Crippen molar-refractivity contribution < 1.29 is 13.9 Å². The number of nitrogens with zero attached hydrogens (tertiary/aromatic N) is 4. The molecule has 1 aliphatic heterocycles. The Labute approximate surface area is 155 Å². The number of hydrogen-bond acceptors (Lipinski definition) is 5. The number of ether oxygens (including phenoxy) is 1. The van der Waals surface area contributed by atoms with Gasteiger partial charge in [0.15, 0.2) is 0 Å². The number of carbonyl (C=O) groups is 1. The van der Waals surface area contributed by atoms with Gasteiger partial charge in [0.05, 0.1) is 36.0 Å². The molecule has 1 aliphatic rings. The monoisotopic (exact) mass is 373 g/mol. The minimum Gasteiger partial charge on any atom is -0.442 e. The van der Waals surface area contributed by atoms with E-state index in [0.717, 1.165) is 0 Å². The Hall–Kier alpha value is -2.99. The zero-order valence-corrected chi connectivity index (χ0v) is 14.8. The zero-order valence-electron chi connectivity index (χ0n) is 14.0. The molecule has 134 valence electrons. The first-order chi connectivity index (χ1) is 12.5. The molecule has 0 unspecified atom stereocenters. The van der Waals surface area contributed by atoms with Gasteiger partial charge >= 0.3 is 6.09 Å². The molecule has 1 amide bonds. The summed E-state index contributed by atoms with van der Waals surface area (Å²) in [6.45, 7) is 2.57. The van der Waals surface area contributed by atoms with E-state index in [1.54, 1.807) is 25.3 Å². The van der Waals surface area contributed by atoms with E-state index in [1.807, 2.05) is 6.07 Å². The molecule has 1 aromatic carbocycles. The highest BCUT2D eigenvalue weighted by atomic mass is 32.1. The van der Waals surface area contributed by atoms with Gasteiger partial charge in [-0.3, -0.25) is 9.58 Å². The first-order valence-corrected chi connectivity index (χ1v) is 8.30. The topological polar surface area (TPSA) is 83.2 Å². The summed E-state index contributed by atoms with van der Waals surface area (Å²) in [6, 6.07) is 6.50. The van der Waals surface area contributed by atoms with Gasteiger partial charge in [-0.25, -0.2) is 9.18 Å². The van der Waals surface area contributed by atoms with Gasteiger partial charge < -0.3 is 10.1 Å². The molecule has 1 N–H and O–H groups in total. The number of rotatable bonds is 5. The quantitative estimate of drug-likeness (QED) is 0.811. The summed E-state index contributed by atoms with van der Waals surface area (Å²) in [4.78, 5) is 14.1. The van der Waals surface area contributed by atoms with Crippen LogP contribution >= 0.6 is 12.2 Å². The van der Waals surface area contributed by atoms with Gasteiger partial charge in [-0.05, 0) is 25.1 Å². The average molecular weight is 373 g/mol. The summed E-state index contributed by atoms with van der Waals surface area (Å²) in [7, 11) is 0. The van der Waals surface area contributed by atoms with Crippen molar-refractivity contribution >= 4 is 29.0 Å². The van der Waals surface area contributed by atoms with Gasteiger partial charge in [-0.2, -0.15) is 10.4 Å². The van der Waals surface area contributed by atoms with Crippen molar-refractivity contribution in [3.05, 3.63) is 36.4 Å². The number of anilines is 1. The molecule has 1 aromatic heterocycles. The molecule has 1 fully saturated rings. The van der Waals surface area contributed by atoms with Crippen molar-refractivity contribution in [3.63, 3.8) is 0 Å². The Kier molecular flexibility index (Phi) is 5.14. The molecule has 0 bridgehead atoms. The number of cyclic esters (lactones) is 1. The van der Waals surface area contributed by atoms with Gasteiger partial charge in [0.25, 0.3) is 0 Å². The first-order valence-electron chi connectivity index (χ1n) is 7.90. The molecule has 26 heavy (non-hydrogen) atoms. The Balaban J connectivity index is 1.76. The summed E-state index contributed by atoms with van der Waals surface area (Å²) in [5.74, 6) is -0.483. The lowest BCUT2D eigenvalue weighted by Crippen LogP contribution is -2.32. The average Bonchev–Trinajstić information content (AvgIpc) is 3.20. The van der Waals surface area contributed by atoms with Crippen LogP contribution in [0.3, 0.4) is 0 Å². The number of carbonyl (C=O) groups excluding carboxylic acids is 1. The lowest BCUT2D eigenvalue weighted by molar-refractivity contribution is 0.143. The highest BCUT2D eigenvalue weighted by Gasteiger charge is 2.32. The molecule has 7 nitrogen and oxygen atoms in total. The van der Waals surface area contributed by atoms with E-state index in [-0.39, 0.29) is 12.6 Å². The van der Waals surface area contributed by atoms with Gasteiger partial charge in [0, 0.05) is 17.3 Å². The third kappa shape index (κ3) is 3.81. The fraction of sp³-hybridized carbons (Fsp3) is 0.294. The molecular weight excluding hydrogens is 357 g/mol. The van der Waals surface area contributed by atoms with Crippen LogP contribution in [-0.2, 0) is 11.3 Å². The van der Waals surface area contributed by atoms with Gasteiger partial charge in [-0.15, -0.1) is 0 Å². The predicted molar refractivity (Wildman–Crippen MR) is 97.1 cm³/mol. The third-order valence-corrected chi connectivity index (χ3v) is 4.04. The first kappa shape index (κ1) is 17.8. The normalized spacial score (nSPS) is 16.3. The molecule has 1 atom stereocenters. The highest BCUT2D eigenvalue weighted by molar-refractivity contribution is 7.80. The van der Waals surface area contributed by atoms with Crippen LogP contribution in [0, 0.1) is 17.1 Å². The second kappa shape index (κ2) is 7.49. The Morgan fingerprint density at radius 1 is 1.58 bits per heavy atom. The van der Waals surface area contributed by atoms with Crippen LogP contribution in [0.1, 0.15) is 6.92 Å². The van der Waals surface area contributed by atoms with Crippen LogP contribution in [0.15, 0.2) is 30.6 Å². The Bertz CT molecular complexity index is 892. The molecular formula is C17H16FN5O2S. The molecule has 0 radical (unpaired) electrons. The van der Waals surface area contributed by atoms with Crippen molar-refractivity contribution in [2.75, 3.05) is 18.0 Å². The Morgan fingerprint density at radius 2 is 2.38 bits per heavy atom. The number of halogens is 1. The maximum absolute atomic E-state index is 14.6. The minimum absolute atomic E-state index is 0.0932. The number of benzene rings is 1. The van der Waals surface area contributed by atoms with Crippen molar-refractivity contribution in [3.8, 4) is 17.2 Å². The van der Waals surface area contributed by atoms with Crippen molar-refractivity contribution in [1.29, 1.82) is 5.26 Å². The van der Waals surface area contributed by atoms with Crippen molar-refractivity contribution in [1.82, 2.24) is 15.1 Å². The SMILES string of the molecule is CC(=S)NC[C@H]1CN(c2ccc(-c3cnn(CC#N)c3)c(F)c2)C(=O)O1. The predicted octanol–water partition coefficient (Wildman–Crippen LogP) is 2.47. The third-order valence-electron chi connectivity index (χ3n) is 3.89. The van der Waals surface area contributed by atoms with E-state index in [4.69, 9.17) is 22.2 Å². The van der Waals surface area contributed by atoms with E-state index < -0.39 is 11.9 Å². The van der Waals surface area contributed by atoms with Crippen LogP contribution in [0.25, 0.3) is 11.1 Å². The molecule has 3 rings (SSSR count). The summed E-state index contributed by atoms with van der Waals surface area (Å²) >= 11 is 4.94. The van der Waals surface area contributed by atoms with Crippen LogP contribution < -0.4 is 10.2 Å². The van der Waals surface area contributed by atoms with Gasteiger partial charge in [0.1, 0.15) is 18.5 Å². The van der Waals surface area contributed by atoms with Crippen LogP contribution in [0.2, 0.25) is 0 Å². The summed E-state index contributed by atoms with van der Waals surface area (Å²) in [6.07, 6.45) is 2.22. The summed E-state index contributed by atoms with van der Waals surface area (Å²) in [5, 5.41) is 15.6. The van der Waals surface area contributed by atoms with Gasteiger partial charge in [0.2, 0.25) is 0 Å². The molecule has 2 heterocycles. The van der Waals surface area contributed by atoms with Crippen LogP contribution in [0.5, 0.6) is 0 Å². The highest BCUT2D eigenvalue weighted by Crippen LogP contribution is 2.28. The number of amides is 1. The molecule has 0 saturated carbocycles. The fourth-order valence-corrected chi connectivity index (χ4v) is 2.75. The molecule has 0 spiro atoms. The lowest BCUT2D eigenvalue weighted by atomic mass is 10.1. The maximum Gasteiger partial charge on any atom is 0.414 e. The standard InChI is InChI=1S/C17H16FN5O2S/c1-11(26)20-8-14-10-23(17(24)25-14)13-2-3-15(16(18)6-13)12-7-21-22(9-12)5-4-19/h2-3,6-7,9,14H,5,8,10H2,1H3,(H,20,26)/t14-/m0/s1. The van der Waals surface area contributed by atoms with E-state index >= 15 is 0 Å². The second-order valence-electron chi connectivity index (χ2n) is 5.80. The van der Waals surface area contributed by atoms with E-state index in [0.29, 0.717) is 34.9 Å². The summed E-state index contributed by atoms with van der Waals surface area (Å²) in [5.41, 5.74) is 1.33. The molecule has 2 aromatic rings. The van der Waals surface area contributed by atoms with Crippen molar-refractivity contribution in [2.24, 2.45) is 0 Å². The van der Waals surface area contributed by atoms with E-state index in [2.05, 4.69) is 10.4 Å². The largest absolute Gasteiger partial charge is 0.442 e. The Morgan fingerprint density at radius 3 is 3.08 bits per heavy atom. The van der Waals surface area contributed by atoms with Crippen LogP contribution in [-0.4, -0.2) is 40.1 Å². The number of thiocarbonyl (C=S) groups is 1. The molecule has 0 aliphatic carbocycles. The fourth-order valence-electron chi connectivity index (χ4n) is 2.66. The minimum atomic E-state index is -0.521. The number of hydrogen-bond donors (Lipinski definition) is 1. The van der Waals surface area contributed by atoms with Crippen LogP contribution in [0.4, 0.5) is 14.9 Å². The smallest absolute Gasteiger partial charge is 0.414 e. The number of nitriles is 1. The maximum atomic E-state index is 14.6. The van der Waals surface area contributed by atoms with Crippen molar-refractivity contribution in [2.45, 2.75) is 19.6 Å². The lowest BCUT2D eigenvalue weighted by Gasteiger charge is -2.14. The molecule has 9 heteroatoms. The van der Waals surface area contributed by atoms with E-state index in [9.17, 15) is 9.18 Å².